The molecule has 1 aliphatic carbocycles. The molecular formula is C35H43N7O3Si. The van der Waals surface area contributed by atoms with E-state index >= 15 is 0 Å². The number of hydrogen-bond donors (Lipinski definition) is 2. The van der Waals surface area contributed by atoms with Crippen LogP contribution in [0, 0.1) is 25.2 Å². The third-order valence-corrected chi connectivity index (χ3v) is 10.4. The molecule has 0 fully saturated rings. The Morgan fingerprint density at radius 1 is 1.13 bits per heavy atom. The predicted octanol–water partition coefficient (Wildman–Crippen LogP) is 5.94. The van der Waals surface area contributed by atoms with Gasteiger partial charge in [0.05, 0.1) is 17.3 Å². The monoisotopic (exact) mass is 637 g/mol. The van der Waals surface area contributed by atoms with Crippen LogP contribution in [0.1, 0.15) is 57.3 Å². The second-order valence-corrected chi connectivity index (χ2v) is 18.9. The van der Waals surface area contributed by atoms with E-state index < -0.39 is 14.1 Å². The van der Waals surface area contributed by atoms with Crippen LogP contribution in [0.3, 0.4) is 0 Å². The van der Waals surface area contributed by atoms with E-state index in [0.29, 0.717) is 30.1 Å². The average molecular weight is 638 g/mol. The molecule has 240 valence electrons. The molecule has 0 aliphatic heterocycles. The Kier molecular flexibility index (Phi) is 9.89. The van der Waals surface area contributed by atoms with Crippen LogP contribution >= 0.6 is 0 Å². The Balaban J connectivity index is 1.35. The summed E-state index contributed by atoms with van der Waals surface area (Å²) in [7, 11) is 0.525. The van der Waals surface area contributed by atoms with Crippen molar-refractivity contribution in [2.75, 3.05) is 11.9 Å². The maximum Gasteiger partial charge on any atom is 0.270 e. The van der Waals surface area contributed by atoms with E-state index in [1.54, 1.807) is 25.4 Å². The number of rotatable bonds is 11. The molecule has 2 amide bonds. The molecule has 2 aromatic carbocycles. The van der Waals surface area contributed by atoms with E-state index in [-0.39, 0.29) is 17.7 Å². The summed E-state index contributed by atoms with van der Waals surface area (Å²) in [5.41, 5.74) is 7.50. The Hall–Kier alpha value is -4.53. The van der Waals surface area contributed by atoms with Crippen molar-refractivity contribution in [1.82, 2.24) is 24.9 Å². The number of amides is 2. The van der Waals surface area contributed by atoms with Gasteiger partial charge in [-0.15, -0.1) is 0 Å². The van der Waals surface area contributed by atoms with Gasteiger partial charge in [0.25, 0.3) is 5.91 Å². The van der Waals surface area contributed by atoms with Gasteiger partial charge in [0.1, 0.15) is 18.5 Å². The highest BCUT2D eigenvalue weighted by Gasteiger charge is 2.35. The van der Waals surface area contributed by atoms with E-state index in [9.17, 15) is 14.9 Å². The lowest BCUT2D eigenvalue weighted by Gasteiger charge is -2.32. The SMILES string of the molecule is Cc1nn(COCC[Si](C)(C)C)c(C)c1-c1ccc(NC(=O)[C@@H](NC(=O)c2ccnn2C)[C@H]2CCCc3ccc(C#N)cc32)cc1. The Morgan fingerprint density at radius 3 is 2.57 bits per heavy atom. The van der Waals surface area contributed by atoms with Crippen LogP contribution in [0.25, 0.3) is 11.1 Å². The number of aromatic nitrogens is 4. The molecule has 2 N–H and O–H groups in total. The highest BCUT2D eigenvalue weighted by atomic mass is 28.3. The predicted molar refractivity (Wildman–Crippen MR) is 181 cm³/mol. The van der Waals surface area contributed by atoms with Gasteiger partial charge in [-0.1, -0.05) is 37.8 Å². The zero-order valence-electron chi connectivity index (χ0n) is 27.6. The minimum atomic E-state index is -1.17. The van der Waals surface area contributed by atoms with Crippen LogP contribution in [-0.2, 0) is 29.7 Å². The lowest BCUT2D eigenvalue weighted by Crippen LogP contribution is -2.48. The van der Waals surface area contributed by atoms with Crippen molar-refractivity contribution in [2.24, 2.45) is 7.05 Å². The summed E-state index contributed by atoms with van der Waals surface area (Å²) >= 11 is 0. The van der Waals surface area contributed by atoms with Gasteiger partial charge < -0.3 is 15.4 Å². The molecule has 2 atom stereocenters. The number of benzene rings is 2. The number of fused-ring (bicyclic) bond motifs is 1. The number of carbonyl (C=O) groups is 2. The van der Waals surface area contributed by atoms with Crippen molar-refractivity contribution in [3.8, 4) is 17.2 Å². The lowest BCUT2D eigenvalue weighted by atomic mass is 9.77. The largest absolute Gasteiger partial charge is 0.360 e. The van der Waals surface area contributed by atoms with Crippen molar-refractivity contribution >= 4 is 25.6 Å². The number of nitrogens with one attached hydrogen (secondary N) is 2. The molecule has 1 aliphatic rings. The number of ether oxygens (including phenoxy) is 1. The van der Waals surface area contributed by atoms with E-state index in [0.717, 1.165) is 59.1 Å². The fourth-order valence-corrected chi connectivity index (χ4v) is 6.88. The Bertz CT molecular complexity index is 1760. The molecule has 0 unspecified atom stereocenters. The first-order valence-electron chi connectivity index (χ1n) is 15.8. The summed E-state index contributed by atoms with van der Waals surface area (Å²) in [6.07, 6.45) is 3.99. The molecule has 46 heavy (non-hydrogen) atoms. The number of aryl methyl sites for hydroxylation is 3. The van der Waals surface area contributed by atoms with Gasteiger partial charge in [-0.05, 0) is 86.2 Å². The summed E-state index contributed by atoms with van der Waals surface area (Å²) in [6, 6.07) is 17.4. The zero-order chi connectivity index (χ0) is 33.0. The van der Waals surface area contributed by atoms with Gasteiger partial charge in [-0.25, -0.2) is 4.68 Å². The molecule has 4 aromatic rings. The molecule has 0 spiro atoms. The van der Waals surface area contributed by atoms with Gasteiger partial charge in [-0.2, -0.15) is 15.5 Å². The maximum atomic E-state index is 14.0. The summed E-state index contributed by atoms with van der Waals surface area (Å²) < 4.78 is 9.33. The molecule has 0 saturated heterocycles. The second kappa shape index (κ2) is 13.8. The molecule has 2 heterocycles. The molecule has 0 bridgehead atoms. The zero-order valence-corrected chi connectivity index (χ0v) is 28.6. The molecule has 5 rings (SSSR count). The third-order valence-electron chi connectivity index (χ3n) is 8.69. The van der Waals surface area contributed by atoms with E-state index in [1.165, 1.54) is 4.68 Å². The highest BCUT2D eigenvalue weighted by Crippen LogP contribution is 2.36. The maximum absolute atomic E-state index is 14.0. The second-order valence-electron chi connectivity index (χ2n) is 13.3. The van der Waals surface area contributed by atoms with Crippen LogP contribution in [0.4, 0.5) is 5.69 Å². The van der Waals surface area contributed by atoms with Crippen LogP contribution in [-0.4, -0.2) is 52.1 Å². The van der Waals surface area contributed by atoms with Crippen molar-refractivity contribution in [2.45, 2.75) is 77.5 Å². The normalized spacial score (nSPS) is 15.1. The first kappa shape index (κ1) is 32.8. The minimum absolute atomic E-state index is 0.294. The van der Waals surface area contributed by atoms with Gasteiger partial charge in [0.15, 0.2) is 0 Å². The van der Waals surface area contributed by atoms with Crippen molar-refractivity contribution in [1.29, 1.82) is 5.26 Å². The summed E-state index contributed by atoms with van der Waals surface area (Å²) in [5, 5.41) is 24.4. The van der Waals surface area contributed by atoms with Crippen molar-refractivity contribution in [3.63, 3.8) is 0 Å². The van der Waals surface area contributed by atoms with Gasteiger partial charge in [0.2, 0.25) is 5.91 Å². The molecule has 10 nitrogen and oxygen atoms in total. The Labute approximate surface area is 271 Å². The van der Waals surface area contributed by atoms with Crippen LogP contribution < -0.4 is 10.6 Å². The minimum Gasteiger partial charge on any atom is -0.360 e. The fraction of sp³-hybridized carbons (Fsp3) is 0.400. The van der Waals surface area contributed by atoms with Crippen LogP contribution in [0.2, 0.25) is 25.7 Å². The van der Waals surface area contributed by atoms with E-state index in [4.69, 9.17) is 9.84 Å². The number of carbonyl (C=O) groups excluding carboxylic acids is 2. The van der Waals surface area contributed by atoms with Gasteiger partial charge in [0, 0.05) is 50.8 Å². The van der Waals surface area contributed by atoms with Crippen LogP contribution in [0.15, 0.2) is 54.7 Å². The average Bonchev–Trinajstić information content (AvgIpc) is 3.58. The highest BCUT2D eigenvalue weighted by molar-refractivity contribution is 6.76. The molecule has 0 radical (unpaired) electrons. The summed E-state index contributed by atoms with van der Waals surface area (Å²) in [6.45, 7) is 12.2. The third kappa shape index (κ3) is 7.46. The summed E-state index contributed by atoms with van der Waals surface area (Å²) in [4.78, 5) is 27.3. The van der Waals surface area contributed by atoms with Crippen LogP contribution in [0.5, 0.6) is 0 Å². The van der Waals surface area contributed by atoms with Crippen molar-refractivity contribution < 1.29 is 14.3 Å². The van der Waals surface area contributed by atoms with E-state index in [1.807, 2.05) is 54.9 Å². The standard InChI is InChI=1S/C35H43N7O3Si/c1-23-32(24(2)42(40-23)22-45-18-19-46(4,5)6)27-12-14-28(15-13-27)38-35(44)33(39-34(43)31-16-17-37-41(31)3)29-9-7-8-26-11-10-25(21-36)20-30(26)29/h10-17,20,29,33H,7-9,18-19,22H2,1-6H3,(H,38,44)(H,39,43)/t29-,33-/m0/s1. The molecular weight excluding hydrogens is 595 g/mol. The molecule has 0 saturated carbocycles. The Morgan fingerprint density at radius 2 is 1.89 bits per heavy atom. The van der Waals surface area contributed by atoms with Crippen molar-refractivity contribution in [3.05, 3.63) is 88.5 Å². The van der Waals surface area contributed by atoms with Gasteiger partial charge >= 0.3 is 0 Å². The topological polar surface area (TPSA) is 127 Å². The molecule has 11 heteroatoms. The summed E-state index contributed by atoms with van der Waals surface area (Å²) in [5.74, 6) is -0.997. The fourth-order valence-electron chi connectivity index (χ4n) is 6.12. The lowest BCUT2D eigenvalue weighted by molar-refractivity contribution is -0.118. The quantitative estimate of drug-likeness (QED) is 0.155. The number of hydrogen-bond acceptors (Lipinski definition) is 6. The molecule has 2 aromatic heterocycles. The van der Waals surface area contributed by atoms with Gasteiger partial charge in [-0.3, -0.25) is 14.3 Å². The van der Waals surface area contributed by atoms with E-state index in [2.05, 4.69) is 41.4 Å². The number of anilines is 1. The first-order valence-corrected chi connectivity index (χ1v) is 19.5. The number of nitriles is 1. The first-order chi connectivity index (χ1) is 21.9. The smallest absolute Gasteiger partial charge is 0.270 e. The number of nitrogens with zero attached hydrogens (tertiary/aromatic N) is 5.